The van der Waals surface area contributed by atoms with Crippen molar-refractivity contribution >= 4 is 22.5 Å². The third kappa shape index (κ3) is 3.91. The molecular formula is C20H20FN3O2. The largest absolute Gasteiger partial charge is 0.497 e. The number of pyridine rings is 1. The van der Waals surface area contributed by atoms with Crippen molar-refractivity contribution in [1.82, 2.24) is 4.98 Å². The van der Waals surface area contributed by atoms with Gasteiger partial charge < -0.3 is 15.4 Å². The summed E-state index contributed by atoms with van der Waals surface area (Å²) in [5, 5.41) is 0.481. The Morgan fingerprint density at radius 1 is 1.19 bits per heavy atom. The van der Waals surface area contributed by atoms with Crippen LogP contribution in [0.15, 0.2) is 54.7 Å². The maximum Gasteiger partial charge on any atom is 0.219 e. The average molecular weight is 353 g/mol. The number of amides is 1. The highest BCUT2D eigenvalue weighted by Crippen LogP contribution is 2.25. The molecule has 0 bridgehead atoms. The molecule has 2 N–H and O–H groups in total. The number of nitrogens with zero attached hydrogens (tertiary/aromatic N) is 2. The number of fused-ring (bicyclic) bond motifs is 1. The van der Waals surface area contributed by atoms with Gasteiger partial charge in [-0.15, -0.1) is 0 Å². The minimum atomic E-state index is -0.370. The number of benzene rings is 2. The Kier molecular flexibility index (Phi) is 5.31. The van der Waals surface area contributed by atoms with Crippen molar-refractivity contribution in [2.45, 2.75) is 13.0 Å². The van der Waals surface area contributed by atoms with Gasteiger partial charge in [0, 0.05) is 36.8 Å². The van der Waals surface area contributed by atoms with Crippen molar-refractivity contribution in [2.24, 2.45) is 5.73 Å². The molecule has 5 nitrogen and oxygen atoms in total. The third-order valence-corrected chi connectivity index (χ3v) is 4.23. The van der Waals surface area contributed by atoms with Gasteiger partial charge in [0.2, 0.25) is 5.91 Å². The van der Waals surface area contributed by atoms with E-state index in [-0.39, 0.29) is 18.1 Å². The molecule has 26 heavy (non-hydrogen) atoms. The van der Waals surface area contributed by atoms with Crippen LogP contribution in [0.1, 0.15) is 12.0 Å². The number of methoxy groups -OCH3 is 1. The number of aromatic nitrogens is 1. The van der Waals surface area contributed by atoms with Crippen LogP contribution in [0, 0.1) is 5.82 Å². The van der Waals surface area contributed by atoms with Crippen LogP contribution in [0.2, 0.25) is 0 Å². The van der Waals surface area contributed by atoms with Crippen LogP contribution >= 0.6 is 0 Å². The van der Waals surface area contributed by atoms with E-state index in [2.05, 4.69) is 4.98 Å². The average Bonchev–Trinajstić information content (AvgIpc) is 2.67. The lowest BCUT2D eigenvalue weighted by atomic mass is 10.1. The number of ether oxygens (including phenoxy) is 1. The zero-order chi connectivity index (χ0) is 18.5. The highest BCUT2D eigenvalue weighted by Gasteiger charge is 2.13. The molecule has 0 unspecified atom stereocenters. The number of carbonyl (C=O) groups is 1. The van der Waals surface area contributed by atoms with Crippen molar-refractivity contribution in [1.29, 1.82) is 0 Å². The lowest BCUT2D eigenvalue weighted by Crippen LogP contribution is -2.27. The van der Waals surface area contributed by atoms with Crippen molar-refractivity contribution in [3.63, 3.8) is 0 Å². The molecule has 0 atom stereocenters. The van der Waals surface area contributed by atoms with Gasteiger partial charge in [-0.05, 0) is 48.0 Å². The van der Waals surface area contributed by atoms with Gasteiger partial charge in [0.25, 0.3) is 0 Å². The molecule has 0 radical (unpaired) electrons. The lowest BCUT2D eigenvalue weighted by Gasteiger charge is -2.25. The second-order valence-corrected chi connectivity index (χ2v) is 5.94. The summed E-state index contributed by atoms with van der Waals surface area (Å²) in [4.78, 5) is 17.6. The van der Waals surface area contributed by atoms with Crippen molar-refractivity contribution in [3.05, 3.63) is 66.1 Å². The summed E-state index contributed by atoms with van der Waals surface area (Å²) in [5.41, 5.74) is 7.73. The Morgan fingerprint density at radius 2 is 1.96 bits per heavy atom. The fourth-order valence-electron chi connectivity index (χ4n) is 2.87. The van der Waals surface area contributed by atoms with Crippen molar-refractivity contribution in [3.8, 4) is 5.75 Å². The smallest absolute Gasteiger partial charge is 0.219 e. The van der Waals surface area contributed by atoms with Crippen molar-refractivity contribution < 1.29 is 13.9 Å². The highest BCUT2D eigenvalue weighted by molar-refractivity contribution is 5.82. The van der Waals surface area contributed by atoms with E-state index in [9.17, 15) is 9.18 Å². The maximum absolute atomic E-state index is 14.0. The highest BCUT2D eigenvalue weighted by atomic mass is 19.1. The molecule has 1 amide bonds. The molecule has 0 spiro atoms. The number of carbonyl (C=O) groups excluding carboxylic acids is 1. The Balaban J connectivity index is 1.94. The monoisotopic (exact) mass is 353 g/mol. The van der Waals surface area contributed by atoms with Gasteiger partial charge in [0.15, 0.2) is 0 Å². The molecule has 0 saturated heterocycles. The van der Waals surface area contributed by atoms with Crippen LogP contribution in [0.25, 0.3) is 10.9 Å². The molecule has 0 aliphatic rings. The van der Waals surface area contributed by atoms with E-state index in [1.807, 2.05) is 29.2 Å². The molecule has 6 heteroatoms. The molecule has 2 aromatic carbocycles. The summed E-state index contributed by atoms with van der Waals surface area (Å²) in [6.07, 6.45) is 1.87. The van der Waals surface area contributed by atoms with Crippen LogP contribution in [0.4, 0.5) is 10.1 Å². The summed E-state index contributed by atoms with van der Waals surface area (Å²) in [5.74, 6) is 0.0769. The Morgan fingerprint density at radius 3 is 2.65 bits per heavy atom. The number of hydrogen-bond donors (Lipinski definition) is 1. The molecule has 3 rings (SSSR count). The summed E-state index contributed by atoms with van der Waals surface area (Å²) in [7, 11) is 1.61. The van der Waals surface area contributed by atoms with Crippen LogP contribution in [-0.4, -0.2) is 24.5 Å². The molecule has 0 aliphatic carbocycles. The topological polar surface area (TPSA) is 68.5 Å². The Bertz CT molecular complexity index is 913. The van der Waals surface area contributed by atoms with Crippen LogP contribution in [0.5, 0.6) is 5.75 Å². The minimum absolute atomic E-state index is 0.221. The van der Waals surface area contributed by atoms with Crippen LogP contribution in [-0.2, 0) is 11.3 Å². The van der Waals surface area contributed by atoms with Crippen molar-refractivity contribution in [2.75, 3.05) is 18.6 Å². The standard InChI is InChI=1S/C20H20FN3O2/c1-26-16-7-5-15(6-8-16)24(12-10-19(22)25)13-14-4-9-18(21)17-3-2-11-23-20(14)17/h2-9,11H,10,12-13H2,1H3,(H2,22,25). The summed E-state index contributed by atoms with van der Waals surface area (Å²) < 4.78 is 19.2. The first-order chi connectivity index (χ1) is 12.6. The minimum Gasteiger partial charge on any atom is -0.497 e. The van der Waals surface area contributed by atoms with Gasteiger partial charge in [-0.1, -0.05) is 6.07 Å². The SMILES string of the molecule is COc1ccc(N(CCC(N)=O)Cc2ccc(F)c3cccnc23)cc1. The number of halogens is 1. The van der Waals surface area contributed by atoms with E-state index in [1.54, 1.807) is 31.5 Å². The van der Waals surface area contributed by atoms with E-state index in [1.165, 1.54) is 6.07 Å². The Labute approximate surface area is 151 Å². The number of primary amides is 1. The first kappa shape index (κ1) is 17.7. The zero-order valence-corrected chi connectivity index (χ0v) is 14.5. The van der Waals surface area contributed by atoms with Crippen LogP contribution in [0.3, 0.4) is 0 Å². The van der Waals surface area contributed by atoms with E-state index >= 15 is 0 Å². The maximum atomic E-state index is 14.0. The van der Waals surface area contributed by atoms with Gasteiger partial charge in [-0.25, -0.2) is 4.39 Å². The van der Waals surface area contributed by atoms with Gasteiger partial charge in [0.1, 0.15) is 11.6 Å². The van der Waals surface area contributed by atoms with Crippen LogP contribution < -0.4 is 15.4 Å². The summed E-state index contributed by atoms with van der Waals surface area (Å²) in [6, 6.07) is 14.1. The summed E-state index contributed by atoms with van der Waals surface area (Å²) in [6.45, 7) is 0.931. The zero-order valence-electron chi connectivity index (χ0n) is 14.5. The second kappa shape index (κ2) is 7.82. The van der Waals surface area contributed by atoms with E-state index in [4.69, 9.17) is 10.5 Å². The van der Waals surface area contributed by atoms with Gasteiger partial charge in [0.05, 0.1) is 12.6 Å². The molecular weight excluding hydrogens is 333 g/mol. The van der Waals surface area contributed by atoms with Gasteiger partial charge >= 0.3 is 0 Å². The van der Waals surface area contributed by atoms with E-state index < -0.39 is 0 Å². The number of hydrogen-bond acceptors (Lipinski definition) is 4. The number of anilines is 1. The first-order valence-electron chi connectivity index (χ1n) is 8.28. The molecule has 1 aromatic heterocycles. The first-order valence-corrected chi connectivity index (χ1v) is 8.28. The fourth-order valence-corrected chi connectivity index (χ4v) is 2.87. The second-order valence-electron chi connectivity index (χ2n) is 5.94. The molecule has 0 saturated carbocycles. The normalized spacial score (nSPS) is 10.7. The molecule has 0 fully saturated rings. The molecule has 1 heterocycles. The fraction of sp³-hybridized carbons (Fsp3) is 0.200. The molecule has 134 valence electrons. The van der Waals surface area contributed by atoms with E-state index in [0.717, 1.165) is 17.0 Å². The number of rotatable bonds is 7. The van der Waals surface area contributed by atoms with Gasteiger partial charge in [-0.3, -0.25) is 9.78 Å². The van der Waals surface area contributed by atoms with E-state index in [0.29, 0.717) is 24.0 Å². The molecule has 0 aliphatic heterocycles. The number of nitrogens with two attached hydrogens (primary N) is 1. The third-order valence-electron chi connectivity index (χ3n) is 4.23. The van der Waals surface area contributed by atoms with Gasteiger partial charge in [-0.2, -0.15) is 0 Å². The Hall–Kier alpha value is -3.15. The predicted molar refractivity (Wildman–Crippen MR) is 99.6 cm³/mol. The molecule has 3 aromatic rings. The quantitative estimate of drug-likeness (QED) is 0.708. The predicted octanol–water partition coefficient (Wildman–Crippen LogP) is 3.26. The lowest BCUT2D eigenvalue weighted by molar-refractivity contribution is -0.117. The summed E-state index contributed by atoms with van der Waals surface area (Å²) >= 11 is 0.